The number of halogens is 1. The summed E-state index contributed by atoms with van der Waals surface area (Å²) in [5, 5.41) is 6.19. The molecule has 37 heavy (non-hydrogen) atoms. The predicted octanol–water partition coefficient (Wildman–Crippen LogP) is 5.43. The van der Waals surface area contributed by atoms with Crippen LogP contribution in [-0.4, -0.2) is 35.6 Å². The number of rotatable bonds is 10. The molecular formula is C28H27ClN4O4. The van der Waals surface area contributed by atoms with E-state index in [-0.39, 0.29) is 17.5 Å². The van der Waals surface area contributed by atoms with Crippen molar-refractivity contribution in [3.8, 4) is 11.5 Å². The molecule has 9 heteroatoms. The molecule has 0 spiro atoms. The number of nitrogens with one attached hydrogen (secondary N) is 2. The average molecular weight is 519 g/mol. The van der Waals surface area contributed by atoms with Crippen LogP contribution in [0.1, 0.15) is 28.0 Å². The Bertz CT molecular complexity index is 1370. The van der Waals surface area contributed by atoms with Gasteiger partial charge in [-0.15, -0.1) is 0 Å². The number of benzene rings is 3. The van der Waals surface area contributed by atoms with Crippen LogP contribution < -0.4 is 20.1 Å². The van der Waals surface area contributed by atoms with Crippen molar-refractivity contribution in [2.75, 3.05) is 24.9 Å². The number of nitrogens with zero attached hydrogens (tertiary/aromatic N) is 2. The quantitative estimate of drug-likeness (QED) is 0.292. The molecule has 4 aromatic rings. The van der Waals surface area contributed by atoms with Crippen molar-refractivity contribution in [2.45, 2.75) is 19.4 Å². The van der Waals surface area contributed by atoms with Crippen molar-refractivity contribution in [2.24, 2.45) is 0 Å². The van der Waals surface area contributed by atoms with Crippen LogP contribution in [0.5, 0.6) is 11.5 Å². The second-order valence-corrected chi connectivity index (χ2v) is 8.76. The van der Waals surface area contributed by atoms with Gasteiger partial charge in [0, 0.05) is 29.9 Å². The zero-order valence-electron chi connectivity index (χ0n) is 20.5. The van der Waals surface area contributed by atoms with Crippen LogP contribution in [-0.2, 0) is 17.8 Å². The first-order valence-electron chi connectivity index (χ1n) is 11.6. The van der Waals surface area contributed by atoms with Crippen LogP contribution in [0.15, 0.2) is 79.3 Å². The molecule has 0 bridgehead atoms. The summed E-state index contributed by atoms with van der Waals surface area (Å²) in [5.74, 6) is 0.879. The van der Waals surface area contributed by atoms with Crippen molar-refractivity contribution < 1.29 is 19.1 Å². The minimum Gasteiger partial charge on any atom is -0.497 e. The van der Waals surface area contributed by atoms with Gasteiger partial charge in [-0.2, -0.15) is 0 Å². The highest BCUT2D eigenvalue weighted by Gasteiger charge is 2.13. The molecule has 2 N–H and O–H groups in total. The fourth-order valence-electron chi connectivity index (χ4n) is 3.71. The first kappa shape index (κ1) is 25.8. The molecule has 0 saturated carbocycles. The molecule has 0 saturated heterocycles. The second kappa shape index (κ2) is 12.1. The lowest BCUT2D eigenvalue weighted by Crippen LogP contribution is -2.13. The van der Waals surface area contributed by atoms with Crippen molar-refractivity contribution in [1.82, 2.24) is 9.55 Å². The monoisotopic (exact) mass is 518 g/mol. The van der Waals surface area contributed by atoms with Gasteiger partial charge in [0.2, 0.25) is 5.91 Å². The maximum Gasteiger partial charge on any atom is 0.275 e. The summed E-state index contributed by atoms with van der Waals surface area (Å²) >= 11 is 6.03. The van der Waals surface area contributed by atoms with Gasteiger partial charge in [0.25, 0.3) is 5.91 Å². The van der Waals surface area contributed by atoms with Gasteiger partial charge in [-0.3, -0.25) is 9.59 Å². The Labute approximate surface area is 220 Å². The van der Waals surface area contributed by atoms with E-state index in [1.54, 1.807) is 37.8 Å². The average Bonchev–Trinajstić information content (AvgIpc) is 3.38. The number of anilines is 2. The summed E-state index contributed by atoms with van der Waals surface area (Å²) in [6, 6.07) is 20.2. The molecule has 0 atom stereocenters. The van der Waals surface area contributed by atoms with Crippen LogP contribution in [0, 0.1) is 0 Å². The Hall–Kier alpha value is -4.30. The van der Waals surface area contributed by atoms with Gasteiger partial charge in [-0.1, -0.05) is 35.9 Å². The lowest BCUT2D eigenvalue weighted by Gasteiger charge is -2.09. The van der Waals surface area contributed by atoms with Crippen LogP contribution in [0.4, 0.5) is 11.4 Å². The molecule has 0 radical (unpaired) electrons. The van der Waals surface area contributed by atoms with Gasteiger partial charge >= 0.3 is 0 Å². The second-order valence-electron chi connectivity index (χ2n) is 8.32. The Morgan fingerprint density at radius 3 is 2.35 bits per heavy atom. The summed E-state index contributed by atoms with van der Waals surface area (Å²) in [4.78, 5) is 29.2. The maximum absolute atomic E-state index is 12.6. The highest BCUT2D eigenvalue weighted by Crippen LogP contribution is 2.28. The topological polar surface area (TPSA) is 94.5 Å². The summed E-state index contributed by atoms with van der Waals surface area (Å²) in [5.41, 5.74) is 3.53. The molecule has 1 aromatic heterocycles. The third kappa shape index (κ3) is 7.11. The van der Waals surface area contributed by atoms with Crippen LogP contribution in [0.3, 0.4) is 0 Å². The summed E-state index contributed by atoms with van der Waals surface area (Å²) in [6.07, 6.45) is 4.30. The Morgan fingerprint density at radius 1 is 0.919 bits per heavy atom. The van der Waals surface area contributed by atoms with E-state index in [4.69, 9.17) is 21.1 Å². The van der Waals surface area contributed by atoms with E-state index < -0.39 is 0 Å². The van der Waals surface area contributed by atoms with Crippen LogP contribution >= 0.6 is 11.6 Å². The van der Waals surface area contributed by atoms with E-state index in [1.807, 2.05) is 53.1 Å². The Kier molecular flexibility index (Phi) is 8.43. The number of hydrogen-bond donors (Lipinski definition) is 2. The number of methoxy groups -OCH3 is 2. The van der Waals surface area contributed by atoms with E-state index >= 15 is 0 Å². The van der Waals surface area contributed by atoms with E-state index in [0.29, 0.717) is 35.8 Å². The van der Waals surface area contributed by atoms with E-state index in [0.717, 1.165) is 22.6 Å². The van der Waals surface area contributed by atoms with Crippen LogP contribution in [0.25, 0.3) is 0 Å². The number of carbonyl (C=O) groups is 2. The molecule has 0 aliphatic carbocycles. The van der Waals surface area contributed by atoms with Crippen molar-refractivity contribution >= 4 is 34.8 Å². The highest BCUT2D eigenvalue weighted by atomic mass is 35.5. The lowest BCUT2D eigenvalue weighted by atomic mass is 10.1. The molecule has 2 amide bonds. The molecule has 0 aliphatic rings. The molecule has 3 aromatic carbocycles. The standard InChI is InChI=1S/C28H27ClN4O4/c1-36-23-11-5-19(6-12-23)7-14-27(34)31-22-9-3-20(4-10-22)16-33-17-25(30-18-33)28(35)32-24-15-21(29)8-13-26(24)37-2/h3-6,8-13,15,17-18H,7,14,16H2,1-2H3,(H,31,34)(H,32,35). The van der Waals surface area contributed by atoms with Gasteiger partial charge in [0.15, 0.2) is 0 Å². The summed E-state index contributed by atoms with van der Waals surface area (Å²) in [7, 11) is 3.15. The molecule has 1 heterocycles. The SMILES string of the molecule is COc1ccc(CCC(=O)Nc2ccc(Cn3cnc(C(=O)Nc4cc(Cl)ccc4OC)c3)cc2)cc1. The summed E-state index contributed by atoms with van der Waals surface area (Å²) < 4.78 is 12.2. The van der Waals surface area contributed by atoms with Gasteiger partial charge < -0.3 is 24.7 Å². The van der Waals surface area contributed by atoms with Crippen molar-refractivity contribution in [3.63, 3.8) is 0 Å². The van der Waals surface area contributed by atoms with Gasteiger partial charge in [0.05, 0.1) is 26.2 Å². The molecule has 0 aliphatic heterocycles. The number of aryl methyl sites for hydroxylation is 1. The first-order chi connectivity index (χ1) is 17.9. The molecule has 190 valence electrons. The largest absolute Gasteiger partial charge is 0.497 e. The van der Waals surface area contributed by atoms with Gasteiger partial charge in [-0.05, 0) is 60.0 Å². The third-order valence-corrected chi connectivity index (χ3v) is 5.91. The zero-order valence-corrected chi connectivity index (χ0v) is 21.3. The molecule has 4 rings (SSSR count). The predicted molar refractivity (Wildman–Crippen MR) is 144 cm³/mol. The minimum atomic E-state index is -0.369. The number of carbonyl (C=O) groups excluding carboxylic acids is 2. The van der Waals surface area contributed by atoms with Gasteiger partial charge in [-0.25, -0.2) is 4.98 Å². The summed E-state index contributed by atoms with van der Waals surface area (Å²) in [6.45, 7) is 0.520. The Balaban J connectivity index is 1.29. The number of hydrogen-bond acceptors (Lipinski definition) is 5. The highest BCUT2D eigenvalue weighted by molar-refractivity contribution is 6.31. The Morgan fingerprint density at radius 2 is 1.65 bits per heavy atom. The van der Waals surface area contributed by atoms with Crippen molar-refractivity contribution in [1.29, 1.82) is 0 Å². The maximum atomic E-state index is 12.6. The van der Waals surface area contributed by atoms with E-state index in [1.165, 1.54) is 7.11 Å². The van der Waals surface area contributed by atoms with E-state index in [2.05, 4.69) is 15.6 Å². The smallest absolute Gasteiger partial charge is 0.275 e. The number of amides is 2. The zero-order chi connectivity index (χ0) is 26.2. The molecular weight excluding hydrogens is 492 g/mol. The van der Waals surface area contributed by atoms with Gasteiger partial charge in [0.1, 0.15) is 17.2 Å². The molecule has 8 nitrogen and oxygen atoms in total. The minimum absolute atomic E-state index is 0.0508. The van der Waals surface area contributed by atoms with Crippen LogP contribution in [0.2, 0.25) is 5.02 Å². The number of aromatic nitrogens is 2. The molecule has 0 unspecified atom stereocenters. The fraction of sp³-hybridized carbons (Fsp3) is 0.179. The first-order valence-corrected chi connectivity index (χ1v) is 12.0. The third-order valence-electron chi connectivity index (χ3n) is 5.68. The lowest BCUT2D eigenvalue weighted by molar-refractivity contribution is -0.116. The number of imidazole rings is 1. The molecule has 0 fully saturated rings. The normalized spacial score (nSPS) is 10.6. The van der Waals surface area contributed by atoms with E-state index in [9.17, 15) is 9.59 Å². The fourth-order valence-corrected chi connectivity index (χ4v) is 3.88. The van der Waals surface area contributed by atoms with Crippen molar-refractivity contribution in [3.05, 3.63) is 101 Å². The number of ether oxygens (including phenoxy) is 2.